The SMILES string of the molecule is Cc1ccc(-c2cc(C(=O)N3CCC[C@H](c4nnc(CN(C)C)n4C)C3)n[nH]2)o1. The van der Waals surface area contributed by atoms with Crippen molar-refractivity contribution >= 4 is 5.91 Å². The minimum absolute atomic E-state index is 0.0730. The lowest BCUT2D eigenvalue weighted by molar-refractivity contribution is 0.0697. The number of amides is 1. The van der Waals surface area contributed by atoms with E-state index in [1.165, 1.54) is 0 Å². The third kappa shape index (κ3) is 3.95. The first-order chi connectivity index (χ1) is 13.9. The number of aromatic nitrogens is 5. The smallest absolute Gasteiger partial charge is 0.274 e. The fraction of sp³-hybridized carbons (Fsp3) is 0.500. The van der Waals surface area contributed by atoms with E-state index in [1.807, 2.05) is 45.1 Å². The summed E-state index contributed by atoms with van der Waals surface area (Å²) in [5, 5.41) is 15.9. The summed E-state index contributed by atoms with van der Waals surface area (Å²) in [6, 6.07) is 5.51. The second kappa shape index (κ2) is 7.82. The number of furan rings is 1. The monoisotopic (exact) mass is 397 g/mol. The van der Waals surface area contributed by atoms with Gasteiger partial charge in [0.15, 0.2) is 11.5 Å². The predicted molar refractivity (Wildman–Crippen MR) is 107 cm³/mol. The Morgan fingerprint density at radius 2 is 2.17 bits per heavy atom. The van der Waals surface area contributed by atoms with Crippen LogP contribution in [0.4, 0.5) is 0 Å². The third-order valence-electron chi connectivity index (χ3n) is 5.33. The highest BCUT2D eigenvalue weighted by atomic mass is 16.3. The number of aromatic amines is 1. The van der Waals surface area contributed by atoms with Gasteiger partial charge in [0, 0.05) is 32.1 Å². The van der Waals surface area contributed by atoms with Crippen molar-refractivity contribution in [1.82, 2.24) is 34.8 Å². The number of hydrogen-bond acceptors (Lipinski definition) is 6. The predicted octanol–water partition coefficient (Wildman–Crippen LogP) is 2.19. The lowest BCUT2D eigenvalue weighted by Crippen LogP contribution is -2.40. The van der Waals surface area contributed by atoms with Gasteiger partial charge in [-0.15, -0.1) is 10.2 Å². The normalized spacial score (nSPS) is 17.3. The number of carbonyl (C=O) groups excluding carboxylic acids is 1. The number of nitrogens with zero attached hydrogens (tertiary/aromatic N) is 6. The van der Waals surface area contributed by atoms with Crippen molar-refractivity contribution in [1.29, 1.82) is 0 Å². The molecular weight excluding hydrogens is 370 g/mol. The Morgan fingerprint density at radius 1 is 1.34 bits per heavy atom. The van der Waals surface area contributed by atoms with Crippen LogP contribution in [0, 0.1) is 6.92 Å². The van der Waals surface area contributed by atoms with Crippen molar-refractivity contribution < 1.29 is 9.21 Å². The van der Waals surface area contributed by atoms with E-state index in [1.54, 1.807) is 6.07 Å². The van der Waals surface area contributed by atoms with Crippen molar-refractivity contribution in [3.63, 3.8) is 0 Å². The maximum absolute atomic E-state index is 13.0. The zero-order valence-corrected chi connectivity index (χ0v) is 17.3. The van der Waals surface area contributed by atoms with Gasteiger partial charge in [-0.05, 0) is 46.0 Å². The molecule has 1 aliphatic heterocycles. The Kier molecular flexibility index (Phi) is 5.23. The van der Waals surface area contributed by atoms with Crippen LogP contribution in [-0.4, -0.2) is 67.9 Å². The third-order valence-corrected chi connectivity index (χ3v) is 5.33. The number of piperidine rings is 1. The number of H-pyrrole nitrogens is 1. The number of aryl methyl sites for hydroxylation is 1. The minimum atomic E-state index is -0.0730. The summed E-state index contributed by atoms with van der Waals surface area (Å²) >= 11 is 0. The molecular formula is C20H27N7O2. The summed E-state index contributed by atoms with van der Waals surface area (Å²) in [7, 11) is 6.02. The molecule has 0 aromatic carbocycles. The molecule has 3 aromatic rings. The molecule has 3 aromatic heterocycles. The van der Waals surface area contributed by atoms with Gasteiger partial charge in [0.1, 0.15) is 23.1 Å². The second-order valence-corrected chi connectivity index (χ2v) is 7.94. The van der Waals surface area contributed by atoms with E-state index in [4.69, 9.17) is 4.42 Å². The molecule has 1 N–H and O–H groups in total. The van der Waals surface area contributed by atoms with Gasteiger partial charge >= 0.3 is 0 Å². The first-order valence-electron chi connectivity index (χ1n) is 9.86. The lowest BCUT2D eigenvalue weighted by Gasteiger charge is -2.31. The Balaban J connectivity index is 1.48. The van der Waals surface area contributed by atoms with Crippen molar-refractivity contribution in [2.24, 2.45) is 7.05 Å². The summed E-state index contributed by atoms with van der Waals surface area (Å²) in [5.74, 6) is 3.47. The zero-order chi connectivity index (χ0) is 20.5. The molecule has 0 bridgehead atoms. The van der Waals surface area contributed by atoms with Crippen molar-refractivity contribution in [3.05, 3.63) is 41.3 Å². The second-order valence-electron chi connectivity index (χ2n) is 7.94. The van der Waals surface area contributed by atoms with E-state index in [9.17, 15) is 4.79 Å². The summed E-state index contributed by atoms with van der Waals surface area (Å²) < 4.78 is 7.67. The quantitative estimate of drug-likeness (QED) is 0.709. The standard InChI is InChI=1S/C20H27N7O2/c1-13-7-8-17(29-13)15-10-16(22-21-15)20(28)27-9-5-6-14(11-27)19-24-23-18(26(19)4)12-25(2)3/h7-8,10,14H,5-6,9,11-12H2,1-4H3,(H,21,22)/t14-/m0/s1. The fourth-order valence-corrected chi connectivity index (χ4v) is 3.82. The molecule has 0 spiro atoms. The number of nitrogens with one attached hydrogen (secondary N) is 1. The number of likely N-dealkylation sites (tertiary alicyclic amines) is 1. The van der Waals surface area contributed by atoms with Gasteiger partial charge in [-0.25, -0.2) is 0 Å². The zero-order valence-electron chi connectivity index (χ0n) is 17.3. The van der Waals surface area contributed by atoms with Crippen LogP contribution in [-0.2, 0) is 13.6 Å². The molecule has 0 saturated carbocycles. The summed E-state index contributed by atoms with van der Waals surface area (Å²) in [5.41, 5.74) is 1.11. The van der Waals surface area contributed by atoms with Gasteiger partial charge in [-0.3, -0.25) is 9.89 Å². The molecule has 1 atom stereocenters. The van der Waals surface area contributed by atoms with Crippen LogP contribution in [0.3, 0.4) is 0 Å². The van der Waals surface area contributed by atoms with Crippen LogP contribution in [0.25, 0.3) is 11.5 Å². The van der Waals surface area contributed by atoms with E-state index in [0.29, 0.717) is 23.7 Å². The van der Waals surface area contributed by atoms with Crippen LogP contribution in [0.2, 0.25) is 0 Å². The maximum atomic E-state index is 13.0. The van der Waals surface area contributed by atoms with E-state index in [2.05, 4.69) is 29.9 Å². The number of rotatable bonds is 5. The summed E-state index contributed by atoms with van der Waals surface area (Å²) in [6.07, 6.45) is 1.93. The number of carbonyl (C=O) groups is 1. The molecule has 4 heterocycles. The van der Waals surface area contributed by atoms with Crippen LogP contribution in [0.1, 0.15) is 46.7 Å². The Morgan fingerprint density at radius 3 is 2.90 bits per heavy atom. The van der Waals surface area contributed by atoms with Gasteiger partial charge in [0.2, 0.25) is 0 Å². The molecule has 154 valence electrons. The fourth-order valence-electron chi connectivity index (χ4n) is 3.82. The van der Waals surface area contributed by atoms with Crippen molar-refractivity contribution in [2.75, 3.05) is 27.2 Å². The highest BCUT2D eigenvalue weighted by molar-refractivity contribution is 5.93. The van der Waals surface area contributed by atoms with Crippen LogP contribution in [0.15, 0.2) is 22.6 Å². The summed E-state index contributed by atoms with van der Waals surface area (Å²) in [4.78, 5) is 17.0. The average molecular weight is 397 g/mol. The molecule has 0 aliphatic carbocycles. The number of hydrogen-bond donors (Lipinski definition) is 1. The average Bonchev–Trinajstić information content (AvgIpc) is 3.42. The topological polar surface area (TPSA) is 96.1 Å². The van der Waals surface area contributed by atoms with Gasteiger partial charge in [-0.2, -0.15) is 5.10 Å². The van der Waals surface area contributed by atoms with Gasteiger partial charge in [0.25, 0.3) is 5.91 Å². The molecule has 29 heavy (non-hydrogen) atoms. The largest absolute Gasteiger partial charge is 0.460 e. The van der Waals surface area contributed by atoms with Crippen molar-refractivity contribution in [3.8, 4) is 11.5 Å². The summed E-state index contributed by atoms with van der Waals surface area (Å²) in [6.45, 7) is 3.96. The van der Waals surface area contributed by atoms with Gasteiger partial charge < -0.3 is 18.8 Å². The maximum Gasteiger partial charge on any atom is 0.274 e. The molecule has 0 radical (unpaired) electrons. The highest BCUT2D eigenvalue weighted by Gasteiger charge is 2.30. The van der Waals surface area contributed by atoms with Crippen molar-refractivity contribution in [2.45, 2.75) is 32.2 Å². The molecule has 0 unspecified atom stereocenters. The highest BCUT2D eigenvalue weighted by Crippen LogP contribution is 2.27. The molecule has 1 aliphatic rings. The molecule has 1 amide bonds. The Labute approximate surface area is 169 Å². The minimum Gasteiger partial charge on any atom is -0.460 e. The lowest BCUT2D eigenvalue weighted by atomic mass is 9.97. The Bertz CT molecular complexity index is 1000. The molecule has 1 fully saturated rings. The molecule has 4 rings (SSSR count). The Hall–Kier alpha value is -2.94. The van der Waals surface area contributed by atoms with E-state index in [0.717, 1.165) is 43.3 Å². The molecule has 1 saturated heterocycles. The van der Waals surface area contributed by atoms with E-state index < -0.39 is 0 Å². The first-order valence-corrected chi connectivity index (χ1v) is 9.86. The van der Waals surface area contributed by atoms with Gasteiger partial charge in [0.05, 0.1) is 6.54 Å². The van der Waals surface area contributed by atoms with Gasteiger partial charge in [-0.1, -0.05) is 0 Å². The van der Waals surface area contributed by atoms with E-state index in [-0.39, 0.29) is 11.8 Å². The molecule has 9 nitrogen and oxygen atoms in total. The van der Waals surface area contributed by atoms with E-state index >= 15 is 0 Å². The van der Waals surface area contributed by atoms with Crippen LogP contribution < -0.4 is 0 Å². The van der Waals surface area contributed by atoms with Crippen LogP contribution in [0.5, 0.6) is 0 Å². The first kappa shape index (κ1) is 19.4. The van der Waals surface area contributed by atoms with Crippen LogP contribution >= 0.6 is 0 Å². The molecule has 9 heteroatoms.